The minimum Gasteiger partial charge on any atom is -0.372 e. The molecule has 2 aliphatic rings. The van der Waals surface area contributed by atoms with Crippen molar-refractivity contribution in [2.24, 2.45) is 11.8 Å². The smallest absolute Gasteiger partial charge is 0.0707 e. The number of rotatable bonds is 5. The molecule has 3 nitrogen and oxygen atoms in total. The van der Waals surface area contributed by atoms with E-state index in [1.807, 2.05) is 0 Å². The van der Waals surface area contributed by atoms with Crippen LogP contribution < -0.4 is 5.32 Å². The van der Waals surface area contributed by atoms with E-state index in [4.69, 9.17) is 4.74 Å². The molecule has 4 atom stereocenters. The van der Waals surface area contributed by atoms with E-state index in [9.17, 15) is 0 Å². The maximum Gasteiger partial charge on any atom is 0.0707 e. The van der Waals surface area contributed by atoms with Gasteiger partial charge in [0.05, 0.1) is 12.2 Å². The van der Waals surface area contributed by atoms with Gasteiger partial charge in [-0.2, -0.15) is 0 Å². The van der Waals surface area contributed by atoms with Crippen LogP contribution in [0, 0.1) is 11.8 Å². The van der Waals surface area contributed by atoms with E-state index < -0.39 is 0 Å². The number of hydrogen-bond acceptors (Lipinski definition) is 3. The van der Waals surface area contributed by atoms with Crippen LogP contribution in [0.15, 0.2) is 0 Å². The van der Waals surface area contributed by atoms with E-state index in [-0.39, 0.29) is 0 Å². The fourth-order valence-corrected chi connectivity index (χ4v) is 3.66. The molecule has 0 amide bonds. The summed E-state index contributed by atoms with van der Waals surface area (Å²) in [6.45, 7) is 13.8. The van der Waals surface area contributed by atoms with Crippen LogP contribution in [0.1, 0.15) is 47.0 Å². The average molecular weight is 268 g/mol. The lowest BCUT2D eigenvalue weighted by Gasteiger charge is -2.36. The molecule has 2 saturated heterocycles. The van der Waals surface area contributed by atoms with Gasteiger partial charge in [0, 0.05) is 32.2 Å². The molecule has 0 radical (unpaired) electrons. The molecule has 112 valence electrons. The number of ether oxygens (including phenoxy) is 1. The van der Waals surface area contributed by atoms with Gasteiger partial charge in [-0.15, -0.1) is 0 Å². The van der Waals surface area contributed by atoms with Gasteiger partial charge in [0.15, 0.2) is 0 Å². The van der Waals surface area contributed by atoms with Gasteiger partial charge in [-0.1, -0.05) is 27.7 Å². The molecule has 2 fully saturated rings. The van der Waals surface area contributed by atoms with Crippen LogP contribution >= 0.6 is 0 Å². The van der Waals surface area contributed by atoms with Gasteiger partial charge in [-0.05, 0) is 31.1 Å². The Hall–Kier alpha value is -0.120. The predicted molar refractivity (Wildman–Crippen MR) is 80.4 cm³/mol. The zero-order chi connectivity index (χ0) is 13.8. The quantitative estimate of drug-likeness (QED) is 0.829. The summed E-state index contributed by atoms with van der Waals surface area (Å²) in [7, 11) is 0. The van der Waals surface area contributed by atoms with E-state index in [1.165, 1.54) is 32.4 Å². The first-order valence-electron chi connectivity index (χ1n) is 8.14. The Balaban J connectivity index is 1.69. The van der Waals surface area contributed by atoms with E-state index in [2.05, 4.69) is 37.9 Å². The van der Waals surface area contributed by atoms with Gasteiger partial charge in [0.25, 0.3) is 0 Å². The summed E-state index contributed by atoms with van der Waals surface area (Å²) in [5.41, 5.74) is 0. The van der Waals surface area contributed by atoms with Crippen molar-refractivity contribution in [1.29, 1.82) is 0 Å². The Labute approximate surface area is 119 Å². The topological polar surface area (TPSA) is 24.5 Å². The van der Waals surface area contributed by atoms with Gasteiger partial charge in [-0.3, -0.25) is 0 Å². The molecule has 0 bridgehead atoms. The third-order valence-corrected chi connectivity index (χ3v) is 4.36. The Bertz CT molecular complexity index is 259. The minimum absolute atomic E-state index is 0.437. The number of nitrogens with zero attached hydrogens (tertiary/aromatic N) is 1. The molecule has 3 heteroatoms. The Kier molecular flexibility index (Phi) is 5.67. The van der Waals surface area contributed by atoms with Crippen molar-refractivity contribution in [2.45, 2.75) is 65.2 Å². The van der Waals surface area contributed by atoms with E-state index >= 15 is 0 Å². The van der Waals surface area contributed by atoms with Crippen molar-refractivity contribution in [3.05, 3.63) is 0 Å². The second-order valence-electron chi connectivity index (χ2n) is 7.18. The molecular formula is C16H32N2O. The van der Waals surface area contributed by atoms with Crippen LogP contribution in [0.3, 0.4) is 0 Å². The highest BCUT2D eigenvalue weighted by molar-refractivity contribution is 4.81. The van der Waals surface area contributed by atoms with Crippen LogP contribution in [-0.2, 0) is 4.74 Å². The summed E-state index contributed by atoms with van der Waals surface area (Å²) < 4.78 is 6.18. The second-order valence-corrected chi connectivity index (χ2v) is 7.18. The first kappa shape index (κ1) is 15.3. The van der Waals surface area contributed by atoms with Gasteiger partial charge in [0.2, 0.25) is 0 Å². The summed E-state index contributed by atoms with van der Waals surface area (Å²) in [6, 6.07) is 0.562. The van der Waals surface area contributed by atoms with E-state index in [0.717, 1.165) is 24.9 Å². The molecule has 4 unspecified atom stereocenters. The lowest BCUT2D eigenvalue weighted by Crippen LogP contribution is -2.43. The van der Waals surface area contributed by atoms with Crippen LogP contribution in [-0.4, -0.2) is 49.3 Å². The van der Waals surface area contributed by atoms with Crippen LogP contribution in [0.5, 0.6) is 0 Å². The van der Waals surface area contributed by atoms with Crippen molar-refractivity contribution in [2.75, 3.05) is 26.2 Å². The molecule has 0 aromatic heterocycles. The molecule has 19 heavy (non-hydrogen) atoms. The van der Waals surface area contributed by atoms with Gasteiger partial charge < -0.3 is 15.0 Å². The average Bonchev–Trinajstić information content (AvgIpc) is 2.72. The van der Waals surface area contributed by atoms with Crippen molar-refractivity contribution < 1.29 is 4.74 Å². The molecule has 0 aromatic carbocycles. The maximum atomic E-state index is 6.18. The highest BCUT2D eigenvalue weighted by Gasteiger charge is 2.29. The summed E-state index contributed by atoms with van der Waals surface area (Å²) in [4.78, 5) is 2.63. The normalized spacial score (nSPS) is 37.1. The molecule has 0 aromatic rings. The minimum atomic E-state index is 0.437. The Morgan fingerprint density at radius 2 is 1.74 bits per heavy atom. The van der Waals surface area contributed by atoms with Gasteiger partial charge >= 0.3 is 0 Å². The molecule has 0 aliphatic carbocycles. The molecule has 2 rings (SSSR count). The highest BCUT2D eigenvalue weighted by atomic mass is 16.5. The van der Waals surface area contributed by atoms with Crippen molar-refractivity contribution >= 4 is 0 Å². The van der Waals surface area contributed by atoms with Crippen LogP contribution in [0.25, 0.3) is 0 Å². The lowest BCUT2D eigenvalue weighted by atomic mass is 9.91. The maximum absolute atomic E-state index is 6.18. The summed E-state index contributed by atoms with van der Waals surface area (Å²) >= 11 is 0. The molecule has 0 spiro atoms. The Morgan fingerprint density at radius 3 is 2.37 bits per heavy atom. The number of likely N-dealkylation sites (tertiary alicyclic amines) is 1. The zero-order valence-electron chi connectivity index (χ0n) is 13.2. The van der Waals surface area contributed by atoms with Crippen LogP contribution in [0.2, 0.25) is 0 Å². The zero-order valence-corrected chi connectivity index (χ0v) is 13.2. The van der Waals surface area contributed by atoms with Crippen molar-refractivity contribution in [3.63, 3.8) is 0 Å². The van der Waals surface area contributed by atoms with Gasteiger partial charge in [-0.25, -0.2) is 0 Å². The molecule has 2 aliphatic heterocycles. The first-order valence-corrected chi connectivity index (χ1v) is 8.14. The standard InChI is InChI=1S/C16H32N2O/c1-12(2)17-8-15-5-6-16(19-15)11-18-9-13(3)7-14(4)10-18/h12-17H,5-11H2,1-4H3. The summed E-state index contributed by atoms with van der Waals surface area (Å²) in [5, 5.41) is 3.49. The van der Waals surface area contributed by atoms with Crippen molar-refractivity contribution in [1.82, 2.24) is 10.2 Å². The predicted octanol–water partition coefficient (Wildman–Crippen LogP) is 2.51. The Morgan fingerprint density at radius 1 is 1.11 bits per heavy atom. The third-order valence-electron chi connectivity index (χ3n) is 4.36. The number of piperidine rings is 1. The van der Waals surface area contributed by atoms with Crippen LogP contribution in [0.4, 0.5) is 0 Å². The third kappa shape index (κ3) is 5.05. The highest BCUT2D eigenvalue weighted by Crippen LogP contribution is 2.25. The fourth-order valence-electron chi connectivity index (χ4n) is 3.66. The number of hydrogen-bond donors (Lipinski definition) is 1. The molecule has 1 N–H and O–H groups in total. The number of nitrogens with one attached hydrogen (secondary N) is 1. The fraction of sp³-hybridized carbons (Fsp3) is 1.00. The SMILES string of the molecule is CC1CC(C)CN(CC2CCC(CNC(C)C)O2)C1. The molecular weight excluding hydrogens is 236 g/mol. The first-order chi connectivity index (χ1) is 9.02. The molecule has 0 saturated carbocycles. The van der Waals surface area contributed by atoms with Gasteiger partial charge in [0.1, 0.15) is 0 Å². The van der Waals surface area contributed by atoms with E-state index in [1.54, 1.807) is 0 Å². The summed E-state index contributed by atoms with van der Waals surface area (Å²) in [5.74, 6) is 1.70. The molecule has 2 heterocycles. The monoisotopic (exact) mass is 268 g/mol. The van der Waals surface area contributed by atoms with Crippen molar-refractivity contribution in [3.8, 4) is 0 Å². The van der Waals surface area contributed by atoms with E-state index in [0.29, 0.717) is 18.2 Å². The largest absolute Gasteiger partial charge is 0.372 e. The lowest BCUT2D eigenvalue weighted by molar-refractivity contribution is 0.00956. The second kappa shape index (κ2) is 7.05. The summed E-state index contributed by atoms with van der Waals surface area (Å²) in [6.07, 6.45) is 4.76.